The van der Waals surface area contributed by atoms with Crippen LogP contribution in [0.15, 0.2) is 91.5 Å². The number of methoxy groups -OCH3 is 2. The van der Waals surface area contributed by atoms with Gasteiger partial charge in [0.25, 0.3) is 5.91 Å². The van der Waals surface area contributed by atoms with Gasteiger partial charge in [-0.1, -0.05) is 13.8 Å². The summed E-state index contributed by atoms with van der Waals surface area (Å²) in [6.07, 6.45) is 6.23. The van der Waals surface area contributed by atoms with Crippen molar-refractivity contribution in [3.63, 3.8) is 0 Å². The van der Waals surface area contributed by atoms with Gasteiger partial charge in [0, 0.05) is 81.0 Å². The number of aromatic nitrogens is 3. The summed E-state index contributed by atoms with van der Waals surface area (Å²) in [7, 11) is 3.17. The number of primary amides is 4. The summed E-state index contributed by atoms with van der Waals surface area (Å²) < 4.78 is 16.7. The molecule has 22 heteroatoms. The van der Waals surface area contributed by atoms with E-state index in [1.165, 1.54) is 13.0 Å². The number of amides is 5. The fourth-order valence-electron chi connectivity index (χ4n) is 12.1. The van der Waals surface area contributed by atoms with Crippen molar-refractivity contribution in [3.8, 4) is 11.5 Å². The first-order valence-corrected chi connectivity index (χ1v) is 27.1. The van der Waals surface area contributed by atoms with Crippen LogP contribution in [0.4, 0.5) is 11.4 Å². The number of esters is 1. The second kappa shape index (κ2) is 25.9. The van der Waals surface area contributed by atoms with Crippen LogP contribution in [0, 0.1) is 62.2 Å². The van der Waals surface area contributed by atoms with Crippen molar-refractivity contribution in [2.24, 2.45) is 63.2 Å². The number of carbonyl (C=O) groups is 6. The third-order valence-electron chi connectivity index (χ3n) is 17.1. The third-order valence-corrected chi connectivity index (χ3v) is 17.1. The molecule has 0 spiro atoms. The Labute approximate surface area is 472 Å². The molecule has 7 atom stereocenters. The van der Waals surface area contributed by atoms with E-state index >= 15 is 0 Å². The number of hydrogen-bond donors (Lipinski definition) is 8. The lowest BCUT2D eigenvalue weighted by molar-refractivity contribution is -0.156. The maximum atomic E-state index is 14.4. The molecule has 5 unspecified atom stereocenters. The van der Waals surface area contributed by atoms with E-state index in [-0.39, 0.29) is 34.6 Å². The highest BCUT2D eigenvalue weighted by molar-refractivity contribution is 6.06. The summed E-state index contributed by atoms with van der Waals surface area (Å²) in [5.74, 6) is -7.80. The van der Waals surface area contributed by atoms with E-state index in [0.29, 0.717) is 63.6 Å². The Morgan fingerprint density at radius 3 is 1.53 bits per heavy atom. The molecule has 2 aromatic carbocycles. The molecular formula is C59H77N13O9. The van der Waals surface area contributed by atoms with Crippen molar-refractivity contribution in [2.75, 3.05) is 56.7 Å². The van der Waals surface area contributed by atoms with Gasteiger partial charge in [0.1, 0.15) is 22.6 Å². The van der Waals surface area contributed by atoms with Crippen LogP contribution in [0.2, 0.25) is 0 Å². The van der Waals surface area contributed by atoms with Gasteiger partial charge >= 0.3 is 5.97 Å². The molecule has 2 saturated heterocycles. The number of carbonyl (C=O) groups excluding carboxylic acids is 6. The number of aryl methyl sites for hydroxylation is 4. The van der Waals surface area contributed by atoms with Crippen LogP contribution < -0.4 is 63.9 Å². The summed E-state index contributed by atoms with van der Waals surface area (Å²) in [6, 6.07) is 19.7. The van der Waals surface area contributed by atoms with Crippen molar-refractivity contribution in [3.05, 3.63) is 136 Å². The molecule has 22 nitrogen and oxygen atoms in total. The van der Waals surface area contributed by atoms with Gasteiger partial charge in [0.15, 0.2) is 11.6 Å². The number of anilines is 2. The Balaban J connectivity index is 1.13. The average molecular weight is 1110 g/mol. The van der Waals surface area contributed by atoms with Crippen LogP contribution in [0.25, 0.3) is 0 Å². The van der Waals surface area contributed by atoms with Crippen molar-refractivity contribution < 1.29 is 43.0 Å². The predicted molar refractivity (Wildman–Crippen MR) is 305 cm³/mol. The van der Waals surface area contributed by atoms with Crippen molar-refractivity contribution >= 4 is 46.9 Å². The molecule has 3 aromatic heterocycles. The van der Waals surface area contributed by atoms with Gasteiger partial charge in [0.2, 0.25) is 23.6 Å². The first-order chi connectivity index (χ1) is 38.6. The molecule has 0 aliphatic carbocycles. The molecule has 5 heterocycles. The quantitative estimate of drug-likeness (QED) is 0.0250. The highest BCUT2D eigenvalue weighted by Crippen LogP contribution is 2.43. The number of hydrogen-bond acceptors (Lipinski definition) is 17. The molecule has 0 saturated carbocycles. The molecule has 432 valence electrons. The smallest absolute Gasteiger partial charge is 0.358 e. The molecule has 5 amide bonds. The van der Waals surface area contributed by atoms with Crippen LogP contribution in [0.3, 0.4) is 0 Å². The number of pyridine rings is 3. The second-order valence-electron chi connectivity index (χ2n) is 21.4. The molecular weight excluding hydrogens is 1030 g/mol. The fourth-order valence-corrected chi connectivity index (χ4v) is 12.1. The Hall–Kier alpha value is -8.21. The maximum Gasteiger partial charge on any atom is 0.358 e. The Kier molecular flexibility index (Phi) is 19.3. The highest BCUT2D eigenvalue weighted by Gasteiger charge is 2.59. The summed E-state index contributed by atoms with van der Waals surface area (Å²) in [6.45, 7) is 12.6. The number of nitrogens with one attached hydrogen (secondary N) is 3. The van der Waals surface area contributed by atoms with E-state index in [1.807, 2.05) is 80.7 Å². The largest absolute Gasteiger partial charge is 0.497 e. The van der Waals surface area contributed by atoms with Gasteiger partial charge in [0.05, 0.1) is 25.5 Å². The molecule has 7 rings (SSSR count). The predicted octanol–water partition coefficient (Wildman–Crippen LogP) is 2.85. The van der Waals surface area contributed by atoms with Crippen molar-refractivity contribution in [1.29, 1.82) is 0 Å². The zero-order valence-corrected chi connectivity index (χ0v) is 47.4. The van der Waals surface area contributed by atoms with Crippen molar-refractivity contribution in [1.82, 2.24) is 30.9 Å². The lowest BCUT2D eigenvalue weighted by atomic mass is 9.64. The van der Waals surface area contributed by atoms with Crippen LogP contribution >= 0.6 is 0 Å². The Morgan fingerprint density at radius 2 is 1.12 bits per heavy atom. The Bertz CT molecular complexity index is 3040. The molecule has 2 aliphatic heterocycles. The van der Waals surface area contributed by atoms with Gasteiger partial charge in [-0.15, -0.1) is 0 Å². The van der Waals surface area contributed by atoms with Gasteiger partial charge in [-0.3, -0.25) is 39.7 Å². The van der Waals surface area contributed by atoms with Gasteiger partial charge in [-0.05, 0) is 172 Å². The molecule has 5 aromatic rings. The topological polar surface area (TPSA) is 341 Å². The van der Waals surface area contributed by atoms with Gasteiger partial charge in [-0.2, -0.15) is 0 Å². The van der Waals surface area contributed by atoms with Crippen LogP contribution in [0.1, 0.15) is 81.0 Å². The number of piperidine rings is 2. The summed E-state index contributed by atoms with van der Waals surface area (Å²) in [5, 5.41) is 9.58. The molecule has 2 aliphatic rings. The van der Waals surface area contributed by atoms with E-state index in [9.17, 15) is 28.8 Å². The standard InChI is InChI=1S/C59H77N13O9/c1-33-17-21-65-26-39(33)30-71(41-9-13-43(79-7)14-10-41)48-19-23-67-28-45(48)36(4)58(53(60)75,54(61)76)32-69-51(73)50-35(3)25-47(70-38(50)6)52(74)81-57(64)59(55(62)77,56(63)78)37(5)46-29-68-24-20-49(46)72(31-40-27-66-22-18-34(40)2)42-11-15-44(80-8)16-12-42/h9-18,21-22,25-27,36-37,45-46,48-49,57,67-68H,19-20,23-24,28-32,64H2,1-8H3,(H2,60,75)(H2,61,76)(H2,62,77)(H2,63,78)(H,69,73)/t36-,37-,45?,46?,48?,49?,57?/m1/s1. The zero-order chi connectivity index (χ0) is 58.9. The minimum atomic E-state index is -2.44. The number of nitrogens with zero attached hydrogens (tertiary/aromatic N) is 5. The molecule has 0 bridgehead atoms. The first kappa shape index (κ1) is 60.4. The minimum absolute atomic E-state index is 0.0112. The molecule has 0 radical (unpaired) electrons. The number of benzene rings is 2. The monoisotopic (exact) mass is 1110 g/mol. The number of rotatable bonds is 24. The SMILES string of the molecule is COc1ccc(N(Cc2cnccc2C)C2CCNCC2[C@@H](C)C(CNC(=O)c2c(C)cc(C(=O)OC(N)C(C(N)=O)(C(N)=O)[C@H](C)C3CNCCC3N(Cc3cnccc3C)c3ccc(OC)cc3)nc2C)(C(N)=O)C(N)=O)cc1. The average Bonchev–Trinajstić information content (AvgIpc) is 3.52. The third kappa shape index (κ3) is 12.4. The summed E-state index contributed by atoms with van der Waals surface area (Å²) >= 11 is 0. The van der Waals surface area contributed by atoms with Crippen LogP contribution in [-0.2, 0) is 37.0 Å². The van der Waals surface area contributed by atoms with Gasteiger partial charge in [-0.25, -0.2) is 9.78 Å². The lowest BCUT2D eigenvalue weighted by Crippen LogP contribution is -2.66. The minimum Gasteiger partial charge on any atom is -0.497 e. The van der Waals surface area contributed by atoms with Crippen LogP contribution in [0.5, 0.6) is 11.5 Å². The van der Waals surface area contributed by atoms with Gasteiger partial charge < -0.3 is 62.9 Å². The Morgan fingerprint density at radius 1 is 0.667 bits per heavy atom. The maximum absolute atomic E-state index is 14.4. The lowest BCUT2D eigenvalue weighted by Gasteiger charge is -2.48. The number of ether oxygens (including phenoxy) is 3. The highest BCUT2D eigenvalue weighted by atomic mass is 16.6. The van der Waals surface area contributed by atoms with Crippen molar-refractivity contribution in [2.45, 2.75) is 85.8 Å². The van der Waals surface area contributed by atoms with Crippen LogP contribution in [-0.4, -0.2) is 116 Å². The van der Waals surface area contributed by atoms with E-state index in [2.05, 4.69) is 40.7 Å². The molecule has 81 heavy (non-hydrogen) atoms. The van der Waals surface area contributed by atoms with E-state index in [1.54, 1.807) is 53.6 Å². The number of nitrogens with two attached hydrogens (primary N) is 5. The first-order valence-electron chi connectivity index (χ1n) is 27.1. The summed E-state index contributed by atoms with van der Waals surface area (Å²) in [5.41, 5.74) is 32.5. The molecule has 2 fully saturated rings. The van der Waals surface area contributed by atoms with E-state index in [4.69, 9.17) is 42.9 Å². The normalized spacial score (nSPS) is 18.5. The zero-order valence-electron chi connectivity index (χ0n) is 47.4. The van der Waals surface area contributed by atoms with E-state index < -0.39 is 82.8 Å². The van der Waals surface area contributed by atoms with E-state index in [0.717, 1.165) is 33.6 Å². The molecule has 13 N–H and O–H groups in total. The summed E-state index contributed by atoms with van der Waals surface area (Å²) in [4.78, 5) is 102. The fraction of sp³-hybridized carbons (Fsp3) is 0.441. The second-order valence-corrected chi connectivity index (χ2v) is 21.4.